The van der Waals surface area contributed by atoms with Crippen molar-refractivity contribution in [3.05, 3.63) is 95.6 Å². The van der Waals surface area contributed by atoms with Gasteiger partial charge in [-0.05, 0) is 47.4 Å². The summed E-state index contributed by atoms with van der Waals surface area (Å²) in [7, 11) is 0. The maximum Gasteiger partial charge on any atom is 0.265 e. The molecule has 0 spiro atoms. The molecule has 1 fully saturated rings. The van der Waals surface area contributed by atoms with Crippen LogP contribution in [0.2, 0.25) is 0 Å². The van der Waals surface area contributed by atoms with Gasteiger partial charge in [0, 0.05) is 11.1 Å². The fraction of sp³-hybridized carbons (Fsp3) is 0.259. The Kier molecular flexibility index (Phi) is 6.10. The van der Waals surface area contributed by atoms with Crippen molar-refractivity contribution in [3.8, 4) is 5.75 Å². The molecule has 0 saturated carbocycles. The third-order valence-corrected chi connectivity index (χ3v) is 5.36. The van der Waals surface area contributed by atoms with Gasteiger partial charge in [0.05, 0.1) is 12.3 Å². The second kappa shape index (κ2) is 8.97. The highest BCUT2D eigenvalue weighted by atomic mass is 16.6. The second-order valence-electron chi connectivity index (χ2n) is 8.87. The Morgan fingerprint density at radius 1 is 0.875 bits per heavy atom. The van der Waals surface area contributed by atoms with E-state index in [9.17, 15) is 9.59 Å². The van der Waals surface area contributed by atoms with E-state index in [-0.39, 0.29) is 11.5 Å². The second-order valence-corrected chi connectivity index (χ2v) is 8.87. The van der Waals surface area contributed by atoms with E-state index >= 15 is 0 Å². The molecule has 5 heteroatoms. The smallest absolute Gasteiger partial charge is 0.265 e. The molecule has 3 aromatic rings. The summed E-state index contributed by atoms with van der Waals surface area (Å²) in [5, 5.41) is 0. The Hall–Kier alpha value is -3.44. The monoisotopic (exact) mass is 429 g/mol. The van der Waals surface area contributed by atoms with E-state index in [0.29, 0.717) is 35.8 Å². The van der Waals surface area contributed by atoms with Crippen LogP contribution < -0.4 is 9.64 Å². The van der Waals surface area contributed by atoms with Crippen molar-refractivity contribution in [1.29, 1.82) is 0 Å². The number of ether oxygens (including phenoxy) is 2. The number of hydrogen-bond acceptors (Lipinski definition) is 4. The topological polar surface area (TPSA) is 59.1 Å². The van der Waals surface area contributed by atoms with Gasteiger partial charge in [-0.25, -0.2) is 4.90 Å². The van der Waals surface area contributed by atoms with Gasteiger partial charge in [0.1, 0.15) is 18.5 Å². The highest BCUT2D eigenvalue weighted by Gasteiger charge is 2.30. The van der Waals surface area contributed by atoms with Gasteiger partial charge in [0.2, 0.25) is 0 Å². The van der Waals surface area contributed by atoms with Gasteiger partial charge in [-0.15, -0.1) is 0 Å². The largest absolute Gasteiger partial charge is 0.489 e. The van der Waals surface area contributed by atoms with Crippen molar-refractivity contribution in [3.63, 3.8) is 0 Å². The Bertz CT molecular complexity index is 1100. The molecule has 1 atom stereocenters. The molecule has 32 heavy (non-hydrogen) atoms. The fourth-order valence-electron chi connectivity index (χ4n) is 3.37. The number of para-hydroxylation sites is 2. The van der Waals surface area contributed by atoms with Crippen LogP contribution in [0.1, 0.15) is 47.1 Å². The van der Waals surface area contributed by atoms with Gasteiger partial charge in [-0.2, -0.15) is 0 Å². The van der Waals surface area contributed by atoms with E-state index in [1.807, 2.05) is 24.3 Å². The number of anilines is 1. The van der Waals surface area contributed by atoms with Crippen LogP contribution in [0.25, 0.3) is 0 Å². The van der Waals surface area contributed by atoms with Crippen molar-refractivity contribution in [2.45, 2.75) is 32.3 Å². The van der Waals surface area contributed by atoms with Gasteiger partial charge in [0.15, 0.2) is 0 Å². The van der Waals surface area contributed by atoms with E-state index in [4.69, 9.17) is 9.47 Å². The maximum absolute atomic E-state index is 13.6. The molecule has 0 aromatic heterocycles. The summed E-state index contributed by atoms with van der Waals surface area (Å²) >= 11 is 0. The predicted octanol–water partition coefficient (Wildman–Crippen LogP) is 5.25. The highest BCUT2D eigenvalue weighted by Crippen LogP contribution is 2.32. The Morgan fingerprint density at radius 2 is 1.44 bits per heavy atom. The summed E-state index contributed by atoms with van der Waals surface area (Å²) in [6, 6.07) is 23.3. The molecular weight excluding hydrogens is 402 g/mol. The van der Waals surface area contributed by atoms with Crippen molar-refractivity contribution in [1.82, 2.24) is 0 Å². The first kappa shape index (κ1) is 21.8. The number of benzene rings is 3. The van der Waals surface area contributed by atoms with E-state index in [1.54, 1.807) is 54.6 Å². The number of hydrogen-bond donors (Lipinski definition) is 0. The lowest BCUT2D eigenvalue weighted by Crippen LogP contribution is -2.37. The molecule has 5 nitrogen and oxygen atoms in total. The van der Waals surface area contributed by atoms with Crippen LogP contribution in [0.15, 0.2) is 78.9 Å². The summed E-state index contributed by atoms with van der Waals surface area (Å²) in [6.07, 6.45) is 0.0574. The van der Waals surface area contributed by atoms with E-state index in [0.717, 1.165) is 5.56 Å². The lowest BCUT2D eigenvalue weighted by Gasteiger charge is -2.24. The summed E-state index contributed by atoms with van der Waals surface area (Å²) in [6.45, 7) is 7.39. The first-order chi connectivity index (χ1) is 15.3. The number of nitrogens with zero attached hydrogens (tertiary/aromatic N) is 1. The van der Waals surface area contributed by atoms with Crippen LogP contribution in [-0.4, -0.2) is 31.1 Å². The van der Waals surface area contributed by atoms with Crippen molar-refractivity contribution in [2.24, 2.45) is 0 Å². The molecule has 3 aromatic carbocycles. The standard InChI is InChI=1S/C27H27NO4/c1-27(2,3)21-15-13-20(14-16-21)26(30)28(25(29)19-9-5-4-6-10-19)23-11-7-8-12-24(23)32-18-22-17-31-22/h4-16,22H,17-18H2,1-3H3. The SMILES string of the molecule is CC(C)(C)c1ccc(C(=O)N(C(=O)c2ccccc2)c2ccccc2OCC2CO2)cc1. The Labute approximate surface area is 188 Å². The van der Waals surface area contributed by atoms with Crippen LogP contribution >= 0.6 is 0 Å². The summed E-state index contributed by atoms with van der Waals surface area (Å²) < 4.78 is 11.1. The number of amides is 2. The number of carbonyl (C=O) groups excluding carboxylic acids is 2. The number of carbonyl (C=O) groups is 2. The van der Waals surface area contributed by atoms with Gasteiger partial charge in [-0.1, -0.05) is 63.2 Å². The predicted molar refractivity (Wildman–Crippen MR) is 124 cm³/mol. The van der Waals surface area contributed by atoms with Crippen molar-refractivity contribution >= 4 is 17.5 Å². The minimum Gasteiger partial charge on any atom is -0.489 e. The third kappa shape index (κ3) is 4.89. The molecule has 0 N–H and O–H groups in total. The Balaban J connectivity index is 1.73. The van der Waals surface area contributed by atoms with Crippen LogP contribution in [0.3, 0.4) is 0 Å². The molecular formula is C27H27NO4. The number of rotatable bonds is 6. The van der Waals surface area contributed by atoms with Crippen molar-refractivity contribution in [2.75, 3.05) is 18.1 Å². The minimum atomic E-state index is -0.408. The normalized spacial score (nSPS) is 15.2. The summed E-state index contributed by atoms with van der Waals surface area (Å²) in [5.74, 6) is -0.348. The molecule has 1 heterocycles. The van der Waals surface area contributed by atoms with E-state index < -0.39 is 11.8 Å². The molecule has 1 unspecified atom stereocenters. The average Bonchev–Trinajstić information content (AvgIpc) is 3.63. The lowest BCUT2D eigenvalue weighted by atomic mass is 9.86. The van der Waals surface area contributed by atoms with Gasteiger partial charge < -0.3 is 9.47 Å². The molecule has 1 saturated heterocycles. The molecule has 0 radical (unpaired) electrons. The first-order valence-corrected chi connectivity index (χ1v) is 10.7. The lowest BCUT2D eigenvalue weighted by molar-refractivity contribution is 0.0896. The number of epoxide rings is 1. The van der Waals surface area contributed by atoms with Gasteiger partial charge in [0.25, 0.3) is 11.8 Å². The van der Waals surface area contributed by atoms with Crippen molar-refractivity contribution < 1.29 is 19.1 Å². The molecule has 0 bridgehead atoms. The minimum absolute atomic E-state index is 0.0353. The first-order valence-electron chi connectivity index (χ1n) is 10.7. The van der Waals surface area contributed by atoms with E-state index in [1.165, 1.54) is 4.90 Å². The maximum atomic E-state index is 13.6. The van der Waals surface area contributed by atoms with Crippen LogP contribution in [0.5, 0.6) is 5.75 Å². The van der Waals surface area contributed by atoms with E-state index in [2.05, 4.69) is 20.8 Å². The van der Waals surface area contributed by atoms with Crippen LogP contribution in [0, 0.1) is 0 Å². The molecule has 1 aliphatic heterocycles. The zero-order valence-corrected chi connectivity index (χ0v) is 18.6. The molecule has 1 aliphatic rings. The molecule has 0 aliphatic carbocycles. The average molecular weight is 430 g/mol. The quantitative estimate of drug-likeness (QED) is 0.397. The highest BCUT2D eigenvalue weighted by molar-refractivity contribution is 6.26. The number of imide groups is 1. The van der Waals surface area contributed by atoms with Gasteiger partial charge >= 0.3 is 0 Å². The zero-order chi connectivity index (χ0) is 22.7. The van der Waals surface area contributed by atoms with Crippen LogP contribution in [-0.2, 0) is 10.2 Å². The zero-order valence-electron chi connectivity index (χ0n) is 18.6. The molecule has 164 valence electrons. The Morgan fingerprint density at radius 3 is 2.03 bits per heavy atom. The summed E-state index contributed by atoms with van der Waals surface area (Å²) in [5.41, 5.74) is 2.34. The molecule has 2 amide bonds. The van der Waals surface area contributed by atoms with Crippen LogP contribution in [0.4, 0.5) is 5.69 Å². The summed E-state index contributed by atoms with van der Waals surface area (Å²) in [4.78, 5) is 28.4. The fourth-order valence-corrected chi connectivity index (χ4v) is 3.37. The third-order valence-electron chi connectivity index (χ3n) is 5.36. The van der Waals surface area contributed by atoms with Gasteiger partial charge in [-0.3, -0.25) is 9.59 Å². The molecule has 4 rings (SSSR count).